The third-order valence-electron chi connectivity index (χ3n) is 2.45. The number of nitrogens with zero attached hydrogens (tertiary/aromatic N) is 3. The predicted octanol–water partition coefficient (Wildman–Crippen LogP) is 3.30. The molecule has 2 N–H and O–H groups in total. The van der Waals surface area contributed by atoms with Gasteiger partial charge in [0, 0.05) is 18.0 Å². The molecule has 2 aromatic heterocycles. The largest absolute Gasteiger partial charge is 0.451 e. The monoisotopic (exact) mass is 317 g/mol. The quantitative estimate of drug-likeness (QED) is 0.886. The average Bonchev–Trinajstić information content (AvgIpc) is 2.81. The van der Waals surface area contributed by atoms with Crippen molar-refractivity contribution >= 4 is 23.0 Å². The Labute approximate surface area is 123 Å². The van der Waals surface area contributed by atoms with Crippen LogP contribution in [-0.4, -0.2) is 21.5 Å². The zero-order valence-corrected chi connectivity index (χ0v) is 12.3. The molecular formula is C12H14F3N5S. The number of anilines is 2. The van der Waals surface area contributed by atoms with Crippen LogP contribution in [0.25, 0.3) is 0 Å². The summed E-state index contributed by atoms with van der Waals surface area (Å²) >= 11 is 1.48. The van der Waals surface area contributed by atoms with Gasteiger partial charge >= 0.3 is 6.18 Å². The Hall–Kier alpha value is -1.90. The van der Waals surface area contributed by atoms with Crippen molar-refractivity contribution in [2.45, 2.75) is 26.6 Å². The molecule has 2 heterocycles. The molecule has 0 saturated carbocycles. The minimum Gasteiger partial charge on any atom is -0.370 e. The molecule has 0 aliphatic rings. The van der Waals surface area contributed by atoms with Crippen molar-refractivity contribution in [3.63, 3.8) is 0 Å². The van der Waals surface area contributed by atoms with Crippen molar-refractivity contribution in [1.29, 1.82) is 0 Å². The fourth-order valence-electron chi connectivity index (χ4n) is 1.61. The van der Waals surface area contributed by atoms with Crippen LogP contribution >= 0.6 is 11.3 Å². The molecule has 0 radical (unpaired) electrons. The highest BCUT2D eigenvalue weighted by atomic mass is 32.1. The number of halogens is 3. The zero-order valence-electron chi connectivity index (χ0n) is 11.5. The second-order valence-electron chi connectivity index (χ2n) is 4.20. The van der Waals surface area contributed by atoms with Gasteiger partial charge in [0.05, 0.1) is 17.2 Å². The molecule has 0 fully saturated rings. The predicted molar refractivity (Wildman–Crippen MR) is 75.4 cm³/mol. The van der Waals surface area contributed by atoms with Crippen LogP contribution in [0.3, 0.4) is 0 Å². The maximum Gasteiger partial charge on any atom is 0.451 e. The lowest BCUT2D eigenvalue weighted by Gasteiger charge is -2.11. The number of aryl methyl sites for hydroxylation is 1. The van der Waals surface area contributed by atoms with Crippen LogP contribution in [0, 0.1) is 6.92 Å². The number of hydrogen-bond acceptors (Lipinski definition) is 6. The third-order valence-corrected chi connectivity index (χ3v) is 3.28. The Morgan fingerprint density at radius 3 is 2.33 bits per heavy atom. The molecule has 0 saturated heterocycles. The maximum atomic E-state index is 12.8. The van der Waals surface area contributed by atoms with Gasteiger partial charge in [0.2, 0.25) is 5.82 Å². The first-order valence-electron chi connectivity index (χ1n) is 6.23. The standard InChI is InChI=1S/C12H14F3N5S/c1-3-16-9-4-10(20-11(19-9)12(13,14)15)17-5-8-6-21-7(2)18-8/h4,6H,3,5H2,1-2H3,(H2,16,17,19,20). The van der Waals surface area contributed by atoms with E-state index in [1.54, 1.807) is 6.92 Å². The van der Waals surface area contributed by atoms with Gasteiger partial charge in [-0.15, -0.1) is 11.3 Å². The Balaban J connectivity index is 2.19. The number of thiazole rings is 1. The summed E-state index contributed by atoms with van der Waals surface area (Å²) in [6.45, 7) is 4.42. The van der Waals surface area contributed by atoms with E-state index in [1.807, 2.05) is 12.3 Å². The van der Waals surface area contributed by atoms with E-state index in [1.165, 1.54) is 17.4 Å². The SMILES string of the molecule is CCNc1cc(NCc2csc(C)n2)nc(C(F)(F)F)n1. The molecule has 0 atom stereocenters. The molecule has 2 rings (SSSR count). The van der Waals surface area contributed by atoms with Gasteiger partial charge in [-0.1, -0.05) is 0 Å². The molecule has 114 valence electrons. The molecule has 5 nitrogen and oxygen atoms in total. The van der Waals surface area contributed by atoms with Crippen LogP contribution in [0.5, 0.6) is 0 Å². The van der Waals surface area contributed by atoms with Gasteiger partial charge in [-0.2, -0.15) is 13.2 Å². The van der Waals surface area contributed by atoms with Crippen LogP contribution in [0.15, 0.2) is 11.4 Å². The molecule has 0 spiro atoms. The minimum atomic E-state index is -4.58. The van der Waals surface area contributed by atoms with E-state index in [9.17, 15) is 13.2 Å². The molecule has 0 amide bonds. The summed E-state index contributed by atoms with van der Waals surface area (Å²) in [7, 11) is 0. The molecule has 0 aliphatic carbocycles. The number of hydrogen-bond donors (Lipinski definition) is 2. The van der Waals surface area contributed by atoms with E-state index >= 15 is 0 Å². The molecular weight excluding hydrogens is 303 g/mol. The van der Waals surface area contributed by atoms with Crippen molar-refractivity contribution in [2.24, 2.45) is 0 Å². The van der Waals surface area contributed by atoms with Gasteiger partial charge in [-0.05, 0) is 13.8 Å². The lowest BCUT2D eigenvalue weighted by molar-refractivity contribution is -0.144. The summed E-state index contributed by atoms with van der Waals surface area (Å²) in [5, 5.41) is 8.34. The second kappa shape index (κ2) is 6.25. The first-order valence-corrected chi connectivity index (χ1v) is 7.11. The number of aromatic nitrogens is 3. The number of nitrogens with one attached hydrogen (secondary N) is 2. The first kappa shape index (κ1) is 15.5. The van der Waals surface area contributed by atoms with E-state index in [2.05, 4.69) is 25.6 Å². The average molecular weight is 317 g/mol. The van der Waals surface area contributed by atoms with Gasteiger partial charge in [0.15, 0.2) is 0 Å². The summed E-state index contributed by atoms with van der Waals surface area (Å²) in [4.78, 5) is 11.2. The van der Waals surface area contributed by atoms with Gasteiger partial charge in [0.1, 0.15) is 11.6 Å². The van der Waals surface area contributed by atoms with Crippen molar-refractivity contribution in [3.05, 3.63) is 28.0 Å². The van der Waals surface area contributed by atoms with E-state index in [-0.39, 0.29) is 11.6 Å². The second-order valence-corrected chi connectivity index (χ2v) is 5.26. The summed E-state index contributed by atoms with van der Waals surface area (Å²) in [5.74, 6) is -0.923. The van der Waals surface area contributed by atoms with Crippen molar-refractivity contribution < 1.29 is 13.2 Å². The molecule has 0 aliphatic heterocycles. The van der Waals surface area contributed by atoms with Gasteiger partial charge in [-0.25, -0.2) is 15.0 Å². The molecule has 0 aromatic carbocycles. The van der Waals surface area contributed by atoms with E-state index in [4.69, 9.17) is 0 Å². The summed E-state index contributed by atoms with van der Waals surface area (Å²) in [5.41, 5.74) is 0.759. The van der Waals surface area contributed by atoms with Crippen molar-refractivity contribution in [1.82, 2.24) is 15.0 Å². The third kappa shape index (κ3) is 4.28. The van der Waals surface area contributed by atoms with E-state index in [0.717, 1.165) is 10.7 Å². The highest BCUT2D eigenvalue weighted by Gasteiger charge is 2.35. The lowest BCUT2D eigenvalue weighted by Crippen LogP contribution is -2.15. The number of rotatable bonds is 5. The highest BCUT2D eigenvalue weighted by molar-refractivity contribution is 7.09. The normalized spacial score (nSPS) is 11.5. The maximum absolute atomic E-state index is 12.8. The Bertz CT molecular complexity index is 611. The minimum absolute atomic E-state index is 0.110. The van der Waals surface area contributed by atoms with Gasteiger partial charge in [0.25, 0.3) is 0 Å². The Morgan fingerprint density at radius 2 is 1.81 bits per heavy atom. The fourth-order valence-corrected chi connectivity index (χ4v) is 2.22. The molecule has 0 bridgehead atoms. The molecule has 2 aromatic rings. The van der Waals surface area contributed by atoms with Gasteiger partial charge < -0.3 is 10.6 Å². The zero-order chi connectivity index (χ0) is 15.5. The number of alkyl halides is 3. The van der Waals surface area contributed by atoms with Crippen LogP contribution < -0.4 is 10.6 Å². The van der Waals surface area contributed by atoms with Crippen molar-refractivity contribution in [3.8, 4) is 0 Å². The van der Waals surface area contributed by atoms with Crippen LogP contribution in [-0.2, 0) is 12.7 Å². The topological polar surface area (TPSA) is 62.7 Å². The Morgan fingerprint density at radius 1 is 1.14 bits per heavy atom. The Kier molecular flexibility index (Phi) is 4.61. The van der Waals surface area contributed by atoms with Gasteiger partial charge in [-0.3, -0.25) is 0 Å². The summed E-state index contributed by atoms with van der Waals surface area (Å²) in [6, 6.07) is 1.44. The summed E-state index contributed by atoms with van der Waals surface area (Å²) < 4.78 is 38.3. The van der Waals surface area contributed by atoms with Crippen molar-refractivity contribution in [2.75, 3.05) is 17.2 Å². The van der Waals surface area contributed by atoms with E-state index in [0.29, 0.717) is 13.1 Å². The highest BCUT2D eigenvalue weighted by Crippen LogP contribution is 2.28. The lowest BCUT2D eigenvalue weighted by atomic mass is 10.4. The molecule has 0 unspecified atom stereocenters. The summed E-state index contributed by atoms with van der Waals surface area (Å²) in [6.07, 6.45) is -4.58. The smallest absolute Gasteiger partial charge is 0.370 e. The molecule has 21 heavy (non-hydrogen) atoms. The fraction of sp³-hybridized carbons (Fsp3) is 0.417. The first-order chi connectivity index (χ1) is 9.88. The van der Waals surface area contributed by atoms with Crippen LogP contribution in [0.1, 0.15) is 23.4 Å². The molecule has 9 heteroatoms. The van der Waals surface area contributed by atoms with Crippen LogP contribution in [0.4, 0.5) is 24.8 Å². The van der Waals surface area contributed by atoms with Crippen LogP contribution in [0.2, 0.25) is 0 Å². The van der Waals surface area contributed by atoms with E-state index < -0.39 is 12.0 Å².